The Morgan fingerprint density at radius 3 is 2.59 bits per heavy atom. The van der Waals surface area contributed by atoms with Crippen LogP contribution in [0.4, 0.5) is 11.4 Å². The molecule has 0 amide bonds. The van der Waals surface area contributed by atoms with E-state index in [0.29, 0.717) is 5.11 Å². The molecule has 2 atom stereocenters. The first-order valence-electron chi connectivity index (χ1n) is 10.6. The predicted molar refractivity (Wildman–Crippen MR) is 127 cm³/mol. The molecule has 0 aromatic heterocycles. The second kappa shape index (κ2) is 9.97. The van der Waals surface area contributed by atoms with Gasteiger partial charge in [-0.3, -0.25) is 0 Å². The second-order valence-corrected chi connectivity index (χ2v) is 8.71. The number of anilines is 2. The fourth-order valence-corrected chi connectivity index (χ4v) is 4.06. The molecule has 156 valence electrons. The lowest BCUT2D eigenvalue weighted by Gasteiger charge is -2.33. The van der Waals surface area contributed by atoms with Crippen LogP contribution in [0.1, 0.15) is 52.1 Å². The molecule has 1 heterocycles. The van der Waals surface area contributed by atoms with Crippen molar-refractivity contribution in [2.75, 3.05) is 23.3 Å². The van der Waals surface area contributed by atoms with Crippen LogP contribution in [0.2, 0.25) is 0 Å². The van der Waals surface area contributed by atoms with Crippen LogP contribution in [0.5, 0.6) is 5.75 Å². The lowest BCUT2D eigenvalue weighted by molar-refractivity contribution is 0.242. The molecule has 0 aliphatic carbocycles. The van der Waals surface area contributed by atoms with Crippen molar-refractivity contribution in [3.8, 4) is 5.75 Å². The molecular formula is C24H33N3OS. The SMILES string of the molecule is CC(C)Oc1cccc(NC(=S)N[C@H](C)c2ccc(N3CCC[C@H](C)C3)cc2)c1. The first-order chi connectivity index (χ1) is 13.9. The number of benzene rings is 2. The van der Waals surface area contributed by atoms with Gasteiger partial charge in [0.25, 0.3) is 0 Å². The number of thiocarbonyl (C=S) groups is 1. The molecule has 2 aromatic carbocycles. The van der Waals surface area contributed by atoms with Crippen LogP contribution in [0.15, 0.2) is 48.5 Å². The molecule has 29 heavy (non-hydrogen) atoms. The Balaban J connectivity index is 1.55. The van der Waals surface area contributed by atoms with Gasteiger partial charge in [0.15, 0.2) is 5.11 Å². The van der Waals surface area contributed by atoms with E-state index in [9.17, 15) is 0 Å². The van der Waals surface area contributed by atoms with E-state index in [0.717, 1.165) is 30.4 Å². The van der Waals surface area contributed by atoms with Crippen molar-refractivity contribution in [3.63, 3.8) is 0 Å². The normalized spacial score (nSPS) is 17.7. The highest BCUT2D eigenvalue weighted by molar-refractivity contribution is 7.80. The lowest BCUT2D eigenvalue weighted by Crippen LogP contribution is -2.34. The smallest absolute Gasteiger partial charge is 0.171 e. The minimum absolute atomic E-state index is 0.124. The van der Waals surface area contributed by atoms with E-state index in [4.69, 9.17) is 17.0 Å². The molecule has 5 heteroatoms. The monoisotopic (exact) mass is 411 g/mol. The van der Waals surface area contributed by atoms with Gasteiger partial charge in [0.2, 0.25) is 0 Å². The van der Waals surface area contributed by atoms with Crippen LogP contribution in [-0.4, -0.2) is 24.3 Å². The van der Waals surface area contributed by atoms with Crippen molar-refractivity contribution in [2.24, 2.45) is 5.92 Å². The van der Waals surface area contributed by atoms with Crippen LogP contribution in [0.3, 0.4) is 0 Å². The standard InChI is InChI=1S/C24H33N3OS/c1-17(2)28-23-9-5-8-21(15-23)26-24(29)25-19(4)20-10-12-22(13-11-20)27-14-6-7-18(3)16-27/h5,8-13,15,17-19H,6-7,14,16H2,1-4H3,(H2,25,26,29)/t18-,19+/m0/s1. The molecule has 0 spiro atoms. The summed E-state index contributed by atoms with van der Waals surface area (Å²) in [5.41, 5.74) is 3.46. The van der Waals surface area contributed by atoms with E-state index in [-0.39, 0.29) is 12.1 Å². The third-order valence-corrected chi connectivity index (χ3v) is 5.45. The summed E-state index contributed by atoms with van der Waals surface area (Å²) in [5.74, 6) is 1.61. The molecule has 1 fully saturated rings. The lowest BCUT2D eigenvalue weighted by atomic mass is 9.99. The number of hydrogen-bond acceptors (Lipinski definition) is 3. The van der Waals surface area contributed by atoms with Crippen molar-refractivity contribution in [1.82, 2.24) is 5.32 Å². The zero-order valence-corrected chi connectivity index (χ0v) is 18.8. The van der Waals surface area contributed by atoms with E-state index in [1.807, 2.05) is 38.1 Å². The summed E-state index contributed by atoms with van der Waals surface area (Å²) in [7, 11) is 0. The van der Waals surface area contributed by atoms with E-state index < -0.39 is 0 Å². The Kier molecular flexibility index (Phi) is 7.37. The van der Waals surface area contributed by atoms with Crippen LogP contribution >= 0.6 is 12.2 Å². The summed E-state index contributed by atoms with van der Waals surface area (Å²) in [5, 5.41) is 7.24. The predicted octanol–water partition coefficient (Wildman–Crippen LogP) is 5.76. The average Bonchev–Trinajstić information content (AvgIpc) is 2.67. The fraction of sp³-hybridized carbons (Fsp3) is 0.458. The van der Waals surface area contributed by atoms with Gasteiger partial charge in [0.05, 0.1) is 12.1 Å². The van der Waals surface area contributed by atoms with Gasteiger partial charge in [0, 0.05) is 30.5 Å². The molecule has 1 saturated heterocycles. The molecule has 2 N–H and O–H groups in total. The quantitative estimate of drug-likeness (QED) is 0.591. The van der Waals surface area contributed by atoms with E-state index in [1.54, 1.807) is 0 Å². The minimum Gasteiger partial charge on any atom is -0.491 e. The summed E-state index contributed by atoms with van der Waals surface area (Å²) in [6.07, 6.45) is 2.77. The summed E-state index contributed by atoms with van der Waals surface area (Å²) in [4.78, 5) is 2.49. The van der Waals surface area contributed by atoms with Crippen LogP contribution in [-0.2, 0) is 0 Å². The van der Waals surface area contributed by atoms with Gasteiger partial charge in [-0.25, -0.2) is 0 Å². The maximum absolute atomic E-state index is 5.75. The van der Waals surface area contributed by atoms with Crippen molar-refractivity contribution in [1.29, 1.82) is 0 Å². The maximum Gasteiger partial charge on any atom is 0.171 e. The first kappa shape index (κ1) is 21.4. The molecule has 0 radical (unpaired) electrons. The molecule has 0 saturated carbocycles. The van der Waals surface area contributed by atoms with Gasteiger partial charge in [-0.1, -0.05) is 25.1 Å². The highest BCUT2D eigenvalue weighted by Crippen LogP contribution is 2.25. The Morgan fingerprint density at radius 2 is 1.90 bits per heavy atom. The highest BCUT2D eigenvalue weighted by Gasteiger charge is 2.17. The molecular weight excluding hydrogens is 378 g/mol. The molecule has 2 aromatic rings. The average molecular weight is 412 g/mol. The van der Waals surface area contributed by atoms with Gasteiger partial charge in [-0.2, -0.15) is 0 Å². The Labute approximate surface area is 180 Å². The number of ether oxygens (including phenoxy) is 1. The summed E-state index contributed by atoms with van der Waals surface area (Å²) < 4.78 is 5.75. The zero-order chi connectivity index (χ0) is 20.8. The van der Waals surface area contributed by atoms with Crippen molar-refractivity contribution in [3.05, 3.63) is 54.1 Å². The van der Waals surface area contributed by atoms with Crippen molar-refractivity contribution >= 4 is 28.7 Å². The number of nitrogens with zero attached hydrogens (tertiary/aromatic N) is 1. The summed E-state index contributed by atoms with van der Waals surface area (Å²) in [6, 6.07) is 16.9. The van der Waals surface area contributed by atoms with E-state index in [1.165, 1.54) is 24.1 Å². The number of piperidine rings is 1. The van der Waals surface area contributed by atoms with Crippen LogP contribution in [0.25, 0.3) is 0 Å². The summed E-state index contributed by atoms with van der Waals surface area (Å²) in [6.45, 7) is 10.8. The number of hydrogen-bond donors (Lipinski definition) is 2. The van der Waals surface area contributed by atoms with Gasteiger partial charge < -0.3 is 20.3 Å². The Hall–Kier alpha value is -2.27. The molecule has 1 aliphatic rings. The topological polar surface area (TPSA) is 36.5 Å². The Morgan fingerprint density at radius 1 is 1.14 bits per heavy atom. The third kappa shape index (κ3) is 6.36. The molecule has 0 bridgehead atoms. The molecule has 0 unspecified atom stereocenters. The maximum atomic E-state index is 5.75. The van der Waals surface area contributed by atoms with E-state index in [2.05, 4.69) is 53.6 Å². The van der Waals surface area contributed by atoms with Crippen molar-refractivity contribution in [2.45, 2.75) is 52.7 Å². The van der Waals surface area contributed by atoms with Crippen LogP contribution < -0.4 is 20.3 Å². The number of nitrogens with one attached hydrogen (secondary N) is 2. The van der Waals surface area contributed by atoms with Gasteiger partial charge in [-0.15, -0.1) is 0 Å². The summed E-state index contributed by atoms with van der Waals surface area (Å²) >= 11 is 5.51. The first-order valence-corrected chi connectivity index (χ1v) is 11.0. The zero-order valence-electron chi connectivity index (χ0n) is 17.9. The number of rotatable bonds is 6. The fourth-order valence-electron chi connectivity index (χ4n) is 3.76. The van der Waals surface area contributed by atoms with E-state index >= 15 is 0 Å². The van der Waals surface area contributed by atoms with Crippen molar-refractivity contribution < 1.29 is 4.74 Å². The van der Waals surface area contributed by atoms with Gasteiger partial charge >= 0.3 is 0 Å². The Bertz CT molecular complexity index is 806. The third-order valence-electron chi connectivity index (χ3n) is 5.23. The second-order valence-electron chi connectivity index (χ2n) is 8.30. The highest BCUT2D eigenvalue weighted by atomic mass is 32.1. The molecule has 1 aliphatic heterocycles. The largest absolute Gasteiger partial charge is 0.491 e. The minimum atomic E-state index is 0.124. The van der Waals surface area contributed by atoms with Gasteiger partial charge in [0.1, 0.15) is 5.75 Å². The van der Waals surface area contributed by atoms with Crippen LogP contribution in [0, 0.1) is 5.92 Å². The molecule has 4 nitrogen and oxygen atoms in total. The molecule has 3 rings (SSSR count). The van der Waals surface area contributed by atoms with Gasteiger partial charge in [-0.05, 0) is 81.6 Å².